The van der Waals surface area contributed by atoms with Crippen molar-refractivity contribution in [2.45, 2.75) is 6.92 Å². The van der Waals surface area contributed by atoms with Crippen LogP contribution in [0.2, 0.25) is 0 Å². The van der Waals surface area contributed by atoms with E-state index in [1.807, 2.05) is 30.3 Å². The van der Waals surface area contributed by atoms with E-state index >= 15 is 0 Å². The molecule has 4 rings (SSSR count). The van der Waals surface area contributed by atoms with Crippen LogP contribution in [-0.2, 0) is 4.79 Å². The maximum absolute atomic E-state index is 12.8. The van der Waals surface area contributed by atoms with E-state index < -0.39 is 5.97 Å². The molecule has 2 aromatic heterocycles. The minimum atomic E-state index is -0.833. The molecule has 0 saturated carbocycles. The van der Waals surface area contributed by atoms with E-state index in [0.717, 1.165) is 18.1 Å². The Kier molecular flexibility index (Phi) is 7.06. The van der Waals surface area contributed by atoms with Gasteiger partial charge in [0.25, 0.3) is 11.5 Å². The van der Waals surface area contributed by atoms with Gasteiger partial charge in [0.1, 0.15) is 0 Å². The third-order valence-corrected chi connectivity index (χ3v) is 5.16. The fourth-order valence-corrected chi connectivity index (χ4v) is 3.79. The molecule has 9 nitrogen and oxygen atoms in total. The molecule has 0 bridgehead atoms. The fraction of sp³-hybridized carbons (Fsp3) is 0.182. The summed E-state index contributed by atoms with van der Waals surface area (Å²) in [4.78, 5) is 26.8. The van der Waals surface area contributed by atoms with Crippen LogP contribution in [0.1, 0.15) is 12.5 Å². The van der Waals surface area contributed by atoms with Crippen LogP contribution in [0.25, 0.3) is 22.4 Å². The van der Waals surface area contributed by atoms with Crippen molar-refractivity contribution in [1.29, 1.82) is 0 Å². The Labute approximate surface area is 187 Å². The number of carboxylic acid groups (broad SMARTS) is 1. The van der Waals surface area contributed by atoms with Gasteiger partial charge >= 0.3 is 0 Å². The zero-order valence-electron chi connectivity index (χ0n) is 17.9. The molecule has 0 saturated heterocycles. The van der Waals surface area contributed by atoms with Crippen molar-refractivity contribution >= 4 is 28.3 Å². The van der Waals surface area contributed by atoms with E-state index in [0.29, 0.717) is 32.6 Å². The first-order chi connectivity index (χ1) is 15.4. The summed E-state index contributed by atoms with van der Waals surface area (Å²) in [7, 11) is 4.65. The molecule has 0 aliphatic rings. The van der Waals surface area contributed by atoms with Crippen LogP contribution in [-0.4, -0.2) is 47.0 Å². The number of hydrogen-bond donors (Lipinski definition) is 1. The first-order valence-corrected chi connectivity index (χ1v) is 10.2. The quantitative estimate of drug-likeness (QED) is 0.489. The number of thiazole rings is 1. The lowest BCUT2D eigenvalue weighted by Gasteiger charge is -2.12. The minimum absolute atomic E-state index is 0.219. The molecule has 0 unspecified atom stereocenters. The summed E-state index contributed by atoms with van der Waals surface area (Å²) >= 11 is 1.28. The highest BCUT2D eigenvalue weighted by Gasteiger charge is 2.14. The predicted octanol–water partition coefficient (Wildman–Crippen LogP) is 2.48. The molecule has 166 valence electrons. The Morgan fingerprint density at radius 2 is 1.66 bits per heavy atom. The standard InChI is InChI=1S/C20H17N3O4S.C2H4O2/c1-25-14-9-12(10-15(26-2)17(14)27-3)11-16-19(24)23-20(28-16)21-18(22-23)13-7-5-4-6-8-13;1-2(3)4/h4-11H,1-3H3;1H3,(H,3,4). The SMILES string of the molecule is CC(=O)O.COc1cc(C=c2sc3nc(-c4ccccc4)nn3c2=O)cc(OC)c1OC. The largest absolute Gasteiger partial charge is 0.493 e. The molecule has 2 aromatic carbocycles. The molecule has 1 N–H and O–H groups in total. The van der Waals surface area contributed by atoms with Gasteiger partial charge in [-0.25, -0.2) is 0 Å². The van der Waals surface area contributed by atoms with E-state index in [4.69, 9.17) is 24.1 Å². The van der Waals surface area contributed by atoms with E-state index in [2.05, 4.69) is 10.1 Å². The zero-order chi connectivity index (χ0) is 23.3. The smallest absolute Gasteiger partial charge is 0.300 e. The number of fused-ring (bicyclic) bond motifs is 1. The molecule has 0 radical (unpaired) electrons. The molecule has 32 heavy (non-hydrogen) atoms. The van der Waals surface area contributed by atoms with Crippen LogP contribution in [0.15, 0.2) is 47.3 Å². The van der Waals surface area contributed by atoms with Gasteiger partial charge in [-0.2, -0.15) is 9.50 Å². The summed E-state index contributed by atoms with van der Waals surface area (Å²) in [5, 5.41) is 11.8. The van der Waals surface area contributed by atoms with Crippen molar-refractivity contribution in [2.75, 3.05) is 21.3 Å². The molecule has 0 aliphatic heterocycles. The summed E-state index contributed by atoms with van der Waals surface area (Å²) in [6.45, 7) is 1.08. The van der Waals surface area contributed by atoms with Crippen LogP contribution in [0.5, 0.6) is 17.2 Å². The van der Waals surface area contributed by atoms with E-state index in [1.54, 1.807) is 39.5 Å². The van der Waals surface area contributed by atoms with Crippen LogP contribution in [0.3, 0.4) is 0 Å². The van der Waals surface area contributed by atoms with Gasteiger partial charge in [0, 0.05) is 12.5 Å². The first-order valence-electron chi connectivity index (χ1n) is 9.34. The molecular formula is C22H21N3O6S. The van der Waals surface area contributed by atoms with Gasteiger partial charge in [0.15, 0.2) is 17.3 Å². The van der Waals surface area contributed by atoms with Crippen molar-refractivity contribution in [1.82, 2.24) is 14.6 Å². The number of hydrogen-bond acceptors (Lipinski definition) is 8. The van der Waals surface area contributed by atoms with Crippen molar-refractivity contribution in [3.05, 3.63) is 62.9 Å². The molecular weight excluding hydrogens is 434 g/mol. The predicted molar refractivity (Wildman–Crippen MR) is 121 cm³/mol. The monoisotopic (exact) mass is 455 g/mol. The van der Waals surface area contributed by atoms with Crippen LogP contribution >= 0.6 is 11.3 Å². The second-order valence-corrected chi connectivity index (χ2v) is 7.40. The molecule has 0 amide bonds. The van der Waals surface area contributed by atoms with E-state index in [-0.39, 0.29) is 5.56 Å². The van der Waals surface area contributed by atoms with Crippen LogP contribution in [0.4, 0.5) is 0 Å². The van der Waals surface area contributed by atoms with Crippen LogP contribution in [0, 0.1) is 0 Å². The zero-order valence-corrected chi connectivity index (χ0v) is 18.7. The third kappa shape index (κ3) is 4.86. The second-order valence-electron chi connectivity index (χ2n) is 6.39. The second kappa shape index (κ2) is 9.92. The van der Waals surface area contributed by atoms with Crippen molar-refractivity contribution in [3.8, 4) is 28.6 Å². The fourth-order valence-electron chi connectivity index (χ4n) is 2.88. The highest BCUT2D eigenvalue weighted by atomic mass is 32.1. The number of rotatable bonds is 5. The molecule has 0 fully saturated rings. The summed E-state index contributed by atoms with van der Waals surface area (Å²) < 4.78 is 17.9. The average molecular weight is 455 g/mol. The summed E-state index contributed by atoms with van der Waals surface area (Å²) in [6, 6.07) is 13.1. The van der Waals surface area contributed by atoms with Crippen molar-refractivity contribution in [2.24, 2.45) is 0 Å². The molecule has 0 atom stereocenters. The maximum atomic E-state index is 12.8. The van der Waals surface area contributed by atoms with Gasteiger partial charge in [0.2, 0.25) is 10.7 Å². The van der Waals surface area contributed by atoms with Crippen molar-refractivity contribution in [3.63, 3.8) is 0 Å². The minimum Gasteiger partial charge on any atom is -0.493 e. The molecule has 10 heteroatoms. The number of nitrogens with zero attached hydrogens (tertiary/aromatic N) is 3. The van der Waals surface area contributed by atoms with Gasteiger partial charge in [-0.1, -0.05) is 41.7 Å². The number of aliphatic carboxylic acids is 1. The number of ether oxygens (including phenoxy) is 3. The Morgan fingerprint density at radius 1 is 1.06 bits per heavy atom. The molecule has 2 heterocycles. The summed E-state index contributed by atoms with van der Waals surface area (Å²) in [5.41, 5.74) is 1.40. The number of benzene rings is 2. The van der Waals surface area contributed by atoms with E-state index in [9.17, 15) is 4.79 Å². The van der Waals surface area contributed by atoms with Gasteiger partial charge in [0.05, 0.1) is 25.9 Å². The summed E-state index contributed by atoms with van der Waals surface area (Å²) in [5.74, 6) is 1.24. The van der Waals surface area contributed by atoms with Crippen molar-refractivity contribution < 1.29 is 24.1 Å². The first kappa shape index (κ1) is 22.8. The van der Waals surface area contributed by atoms with E-state index in [1.165, 1.54) is 15.9 Å². The highest BCUT2D eigenvalue weighted by Crippen LogP contribution is 2.38. The highest BCUT2D eigenvalue weighted by molar-refractivity contribution is 7.15. The Morgan fingerprint density at radius 3 is 2.16 bits per heavy atom. The lowest BCUT2D eigenvalue weighted by molar-refractivity contribution is -0.134. The lowest BCUT2D eigenvalue weighted by atomic mass is 10.1. The molecule has 4 aromatic rings. The molecule has 0 aliphatic carbocycles. The van der Waals surface area contributed by atoms with Gasteiger partial charge < -0.3 is 19.3 Å². The Balaban J connectivity index is 0.000000668. The Bertz CT molecular complexity index is 1320. The van der Waals surface area contributed by atoms with Crippen LogP contribution < -0.4 is 24.3 Å². The normalized spacial score (nSPS) is 11.1. The average Bonchev–Trinajstić information content (AvgIpc) is 3.32. The molecule has 0 spiro atoms. The lowest BCUT2D eigenvalue weighted by Crippen LogP contribution is -2.23. The van der Waals surface area contributed by atoms with Gasteiger partial charge in [-0.05, 0) is 23.8 Å². The summed E-state index contributed by atoms with van der Waals surface area (Å²) in [6.07, 6.45) is 1.76. The number of carbonyl (C=O) groups is 1. The number of aromatic nitrogens is 3. The maximum Gasteiger partial charge on any atom is 0.300 e. The Hall–Kier alpha value is -3.92. The third-order valence-electron chi connectivity index (χ3n) is 4.20. The number of carboxylic acids is 1. The number of methoxy groups -OCH3 is 3. The van der Waals surface area contributed by atoms with Gasteiger partial charge in [-0.3, -0.25) is 9.59 Å². The van der Waals surface area contributed by atoms with Gasteiger partial charge in [-0.15, -0.1) is 5.10 Å². The topological polar surface area (TPSA) is 112 Å².